The van der Waals surface area contributed by atoms with Crippen molar-refractivity contribution in [3.05, 3.63) is 23.8 Å². The topological polar surface area (TPSA) is 89.7 Å². The van der Waals surface area contributed by atoms with Gasteiger partial charge in [-0.05, 0) is 31.0 Å². The third-order valence-corrected chi connectivity index (χ3v) is 4.60. The highest BCUT2D eigenvalue weighted by Gasteiger charge is 2.32. The summed E-state index contributed by atoms with van der Waals surface area (Å²) in [5, 5.41) is 0.0414. The molecule has 0 saturated carbocycles. The zero-order valence-electron chi connectivity index (χ0n) is 13.2. The number of amides is 1. The van der Waals surface area contributed by atoms with Crippen molar-refractivity contribution in [1.82, 2.24) is 0 Å². The van der Waals surface area contributed by atoms with Crippen LogP contribution in [0.2, 0.25) is 0 Å². The Bertz CT molecular complexity index is 633. The average Bonchev–Trinajstić information content (AvgIpc) is 2.87. The number of carbonyl (C=O) groups is 3. The van der Waals surface area contributed by atoms with Crippen LogP contribution < -0.4 is 10.6 Å². The van der Waals surface area contributed by atoms with E-state index in [1.54, 1.807) is 30.0 Å². The molecule has 1 atom stereocenters. The molecule has 1 heterocycles. The Morgan fingerprint density at radius 3 is 2.83 bits per heavy atom. The van der Waals surface area contributed by atoms with Gasteiger partial charge in [-0.1, -0.05) is 11.8 Å². The van der Waals surface area contributed by atoms with E-state index in [4.69, 9.17) is 10.5 Å². The molecule has 1 saturated heterocycles. The number of nitrogens with zero attached hydrogens (tertiary/aromatic N) is 1. The molecule has 1 amide bonds. The van der Waals surface area contributed by atoms with Gasteiger partial charge in [0.1, 0.15) is 0 Å². The van der Waals surface area contributed by atoms with E-state index in [1.807, 2.05) is 0 Å². The maximum atomic E-state index is 12.2. The van der Waals surface area contributed by atoms with Crippen LogP contribution >= 0.6 is 11.8 Å². The standard InChI is InChI=1S/C16H20N2O4S/c1-3-22-16(21)12-4-5-13(17)14(7-12)18-8-11(6-15(18)20)9-23-10(2)19/h4-5,7,11H,3,6,8-9,17H2,1-2H3. The van der Waals surface area contributed by atoms with Gasteiger partial charge in [0, 0.05) is 25.6 Å². The van der Waals surface area contributed by atoms with Crippen LogP contribution in [-0.2, 0) is 14.3 Å². The van der Waals surface area contributed by atoms with Gasteiger partial charge in [-0.2, -0.15) is 0 Å². The van der Waals surface area contributed by atoms with E-state index < -0.39 is 5.97 Å². The Balaban J connectivity index is 2.17. The predicted octanol–water partition coefficient (Wildman–Crippen LogP) is 2.08. The summed E-state index contributed by atoms with van der Waals surface area (Å²) in [5.41, 5.74) is 7.29. The SMILES string of the molecule is CCOC(=O)c1ccc(N)c(N2CC(CSC(C)=O)CC2=O)c1. The molecule has 0 bridgehead atoms. The number of carbonyl (C=O) groups excluding carboxylic acids is 3. The summed E-state index contributed by atoms with van der Waals surface area (Å²) in [4.78, 5) is 36.7. The van der Waals surface area contributed by atoms with Gasteiger partial charge in [0.2, 0.25) is 5.91 Å². The number of benzene rings is 1. The van der Waals surface area contributed by atoms with Crippen LogP contribution in [-0.4, -0.2) is 35.9 Å². The maximum Gasteiger partial charge on any atom is 0.338 e. The molecule has 1 fully saturated rings. The summed E-state index contributed by atoms with van der Waals surface area (Å²) in [6.07, 6.45) is 0.378. The van der Waals surface area contributed by atoms with E-state index in [0.29, 0.717) is 35.7 Å². The van der Waals surface area contributed by atoms with Gasteiger partial charge in [0.15, 0.2) is 5.12 Å². The Labute approximate surface area is 139 Å². The first-order valence-electron chi connectivity index (χ1n) is 7.42. The molecular formula is C16H20N2O4S. The zero-order valence-corrected chi connectivity index (χ0v) is 14.0. The highest BCUT2D eigenvalue weighted by molar-refractivity contribution is 8.13. The molecule has 1 unspecified atom stereocenters. The molecule has 0 aromatic heterocycles. The van der Waals surface area contributed by atoms with Crippen LogP contribution in [0.25, 0.3) is 0 Å². The fraction of sp³-hybridized carbons (Fsp3) is 0.438. The first-order valence-corrected chi connectivity index (χ1v) is 8.41. The molecule has 1 aromatic carbocycles. The van der Waals surface area contributed by atoms with Crippen LogP contribution in [0, 0.1) is 5.92 Å². The molecule has 7 heteroatoms. The number of anilines is 2. The van der Waals surface area contributed by atoms with Crippen LogP contribution in [0.5, 0.6) is 0 Å². The van der Waals surface area contributed by atoms with Gasteiger partial charge in [-0.25, -0.2) is 4.79 Å². The van der Waals surface area contributed by atoms with Crippen LogP contribution in [0.4, 0.5) is 11.4 Å². The van der Waals surface area contributed by atoms with Gasteiger partial charge in [-0.15, -0.1) is 0 Å². The average molecular weight is 336 g/mol. The van der Waals surface area contributed by atoms with Crippen molar-refractivity contribution in [2.24, 2.45) is 5.92 Å². The van der Waals surface area contributed by atoms with Crippen LogP contribution in [0.1, 0.15) is 30.6 Å². The number of hydrogen-bond donors (Lipinski definition) is 1. The molecule has 2 N–H and O–H groups in total. The lowest BCUT2D eigenvalue weighted by Gasteiger charge is -2.19. The van der Waals surface area contributed by atoms with E-state index in [9.17, 15) is 14.4 Å². The second-order valence-electron chi connectivity index (χ2n) is 5.37. The maximum absolute atomic E-state index is 12.2. The van der Waals surface area contributed by atoms with Crippen molar-refractivity contribution in [2.75, 3.05) is 29.5 Å². The number of nitrogen functional groups attached to an aromatic ring is 1. The smallest absolute Gasteiger partial charge is 0.338 e. The van der Waals surface area contributed by atoms with Crippen LogP contribution in [0.3, 0.4) is 0 Å². The number of esters is 1. The van der Waals surface area contributed by atoms with Gasteiger partial charge < -0.3 is 15.4 Å². The number of ether oxygens (including phenoxy) is 1. The van der Waals surface area contributed by atoms with Gasteiger partial charge >= 0.3 is 5.97 Å². The first kappa shape index (κ1) is 17.3. The number of nitrogens with two attached hydrogens (primary N) is 1. The van der Waals surface area contributed by atoms with E-state index in [-0.39, 0.29) is 23.5 Å². The molecule has 0 radical (unpaired) electrons. The van der Waals surface area contributed by atoms with E-state index in [2.05, 4.69) is 0 Å². The minimum Gasteiger partial charge on any atom is -0.462 e. The van der Waals surface area contributed by atoms with Crippen molar-refractivity contribution in [1.29, 1.82) is 0 Å². The minimum atomic E-state index is -0.441. The van der Waals surface area contributed by atoms with E-state index in [1.165, 1.54) is 18.7 Å². The molecule has 124 valence electrons. The zero-order chi connectivity index (χ0) is 17.0. The Morgan fingerprint density at radius 2 is 2.17 bits per heavy atom. The summed E-state index contributed by atoms with van der Waals surface area (Å²) in [6, 6.07) is 4.78. The van der Waals surface area contributed by atoms with Gasteiger partial charge in [-0.3, -0.25) is 9.59 Å². The summed E-state index contributed by atoms with van der Waals surface area (Å²) >= 11 is 1.22. The molecule has 23 heavy (non-hydrogen) atoms. The highest BCUT2D eigenvalue weighted by Crippen LogP contribution is 2.32. The van der Waals surface area contributed by atoms with Crippen molar-refractivity contribution in [2.45, 2.75) is 20.3 Å². The third-order valence-electron chi connectivity index (χ3n) is 3.56. The van der Waals surface area contributed by atoms with E-state index in [0.717, 1.165) is 0 Å². The van der Waals surface area contributed by atoms with Crippen LogP contribution in [0.15, 0.2) is 18.2 Å². The largest absolute Gasteiger partial charge is 0.462 e. The predicted molar refractivity (Wildman–Crippen MR) is 90.4 cm³/mol. The number of rotatable bonds is 5. The van der Waals surface area contributed by atoms with Gasteiger partial charge in [0.05, 0.1) is 23.5 Å². The molecule has 2 rings (SSSR count). The normalized spacial score (nSPS) is 17.4. The highest BCUT2D eigenvalue weighted by atomic mass is 32.2. The number of thioether (sulfide) groups is 1. The molecule has 1 aliphatic rings. The third kappa shape index (κ3) is 4.25. The minimum absolute atomic E-state index is 0.0414. The molecule has 0 spiro atoms. The quantitative estimate of drug-likeness (QED) is 0.654. The molecule has 1 aliphatic heterocycles. The monoisotopic (exact) mass is 336 g/mol. The van der Waals surface area contributed by atoms with Crippen molar-refractivity contribution < 1.29 is 19.1 Å². The lowest BCUT2D eigenvalue weighted by molar-refractivity contribution is -0.117. The fourth-order valence-electron chi connectivity index (χ4n) is 2.48. The van der Waals surface area contributed by atoms with E-state index >= 15 is 0 Å². The Morgan fingerprint density at radius 1 is 1.43 bits per heavy atom. The first-order chi connectivity index (χ1) is 10.9. The second kappa shape index (κ2) is 7.50. The number of hydrogen-bond acceptors (Lipinski definition) is 6. The van der Waals surface area contributed by atoms with Crippen molar-refractivity contribution in [3.8, 4) is 0 Å². The second-order valence-corrected chi connectivity index (χ2v) is 6.57. The summed E-state index contributed by atoms with van der Waals surface area (Å²) < 4.78 is 4.97. The lowest BCUT2D eigenvalue weighted by atomic mass is 10.1. The summed E-state index contributed by atoms with van der Waals surface area (Å²) in [7, 11) is 0. The van der Waals surface area contributed by atoms with Crippen molar-refractivity contribution >= 4 is 40.1 Å². The van der Waals surface area contributed by atoms with Crippen molar-refractivity contribution in [3.63, 3.8) is 0 Å². The summed E-state index contributed by atoms with van der Waals surface area (Å²) in [6.45, 7) is 4.03. The Kier molecular flexibility index (Phi) is 5.65. The molecule has 0 aliphatic carbocycles. The fourth-order valence-corrected chi connectivity index (χ4v) is 3.17. The Hall–Kier alpha value is -2.02. The molecule has 1 aromatic rings. The lowest BCUT2D eigenvalue weighted by Crippen LogP contribution is -2.26. The summed E-state index contributed by atoms with van der Waals surface area (Å²) in [5.74, 6) is 0.215. The molecule has 6 nitrogen and oxygen atoms in total. The molecular weight excluding hydrogens is 316 g/mol. The van der Waals surface area contributed by atoms with Gasteiger partial charge in [0.25, 0.3) is 0 Å².